The minimum Gasteiger partial charge on any atom is -0.385 e. The Morgan fingerprint density at radius 1 is 1.27 bits per heavy atom. The number of hydrogen-bond donors (Lipinski definition) is 3. The van der Waals surface area contributed by atoms with Crippen molar-refractivity contribution in [2.45, 2.75) is 59.0 Å². The van der Waals surface area contributed by atoms with Crippen molar-refractivity contribution in [1.82, 2.24) is 24.4 Å². The number of piperidine rings is 1. The number of imidazole rings is 1. The van der Waals surface area contributed by atoms with Crippen LogP contribution in [0.5, 0.6) is 0 Å². The number of aliphatic hydroxyl groups is 1. The highest BCUT2D eigenvalue weighted by Gasteiger charge is 2.65. The number of aliphatic hydroxyl groups excluding tert-OH is 1. The molecule has 37 heavy (non-hydrogen) atoms. The van der Waals surface area contributed by atoms with E-state index in [1.807, 2.05) is 16.9 Å². The van der Waals surface area contributed by atoms with E-state index in [4.69, 9.17) is 0 Å². The zero-order valence-corrected chi connectivity index (χ0v) is 22.5. The van der Waals surface area contributed by atoms with Crippen LogP contribution in [0.1, 0.15) is 64.8 Å². The Kier molecular flexibility index (Phi) is 5.70. The maximum atomic E-state index is 13.1. The van der Waals surface area contributed by atoms with E-state index >= 15 is 0 Å². The van der Waals surface area contributed by atoms with E-state index in [1.54, 1.807) is 13.1 Å². The lowest BCUT2D eigenvalue weighted by atomic mass is 9.70. The molecular weight excluding hydrogens is 492 g/mol. The molecule has 0 aromatic carbocycles. The topological polar surface area (TPSA) is 133 Å². The molecule has 3 atom stereocenters. The van der Waals surface area contributed by atoms with Gasteiger partial charge in [0.1, 0.15) is 28.6 Å². The van der Waals surface area contributed by atoms with E-state index in [-0.39, 0.29) is 22.9 Å². The zero-order chi connectivity index (χ0) is 26.2. The number of carbonyl (C=O) groups is 1. The first-order valence-corrected chi connectivity index (χ1v) is 15.0. The number of hydrogen-bond acceptors (Lipinski definition) is 7. The second kappa shape index (κ2) is 8.51. The molecule has 3 aromatic rings. The maximum absolute atomic E-state index is 13.1. The van der Waals surface area contributed by atoms with Crippen molar-refractivity contribution in [1.29, 1.82) is 0 Å². The molecular formula is C26H36N6O4S. The number of aromatic amines is 1. The first-order valence-electron chi connectivity index (χ1n) is 13.3. The summed E-state index contributed by atoms with van der Waals surface area (Å²) in [5.74, 6) is 1.10. The number of nitrogens with one attached hydrogen (secondary N) is 2. The average molecular weight is 529 g/mol. The average Bonchev–Trinajstić information content (AvgIpc) is 3.57. The summed E-state index contributed by atoms with van der Waals surface area (Å²) in [4.78, 5) is 25.0. The maximum Gasteiger partial charge on any atom is 0.212 e. The molecule has 3 aliphatic rings. The number of pyridine rings is 1. The van der Waals surface area contributed by atoms with E-state index in [1.165, 1.54) is 0 Å². The molecule has 3 N–H and O–H groups in total. The van der Waals surface area contributed by atoms with Crippen molar-refractivity contribution in [2.75, 3.05) is 30.4 Å². The fourth-order valence-corrected chi connectivity index (χ4v) is 9.10. The molecule has 1 aliphatic heterocycles. The lowest BCUT2D eigenvalue weighted by Crippen LogP contribution is -2.47. The van der Waals surface area contributed by atoms with Gasteiger partial charge in [0.15, 0.2) is 5.82 Å². The molecule has 3 aromatic heterocycles. The minimum absolute atomic E-state index is 0.0966. The molecule has 6 rings (SSSR count). The highest BCUT2D eigenvalue weighted by Crippen LogP contribution is 2.64. The van der Waals surface area contributed by atoms with Gasteiger partial charge in [-0.3, -0.25) is 4.79 Å². The second-order valence-corrected chi connectivity index (χ2v) is 13.7. The number of rotatable bonds is 7. The molecule has 2 aliphatic carbocycles. The largest absolute Gasteiger partial charge is 0.385 e. The van der Waals surface area contributed by atoms with Crippen LogP contribution in [0.25, 0.3) is 22.1 Å². The molecule has 0 radical (unpaired) electrons. The van der Waals surface area contributed by atoms with Crippen LogP contribution in [0.3, 0.4) is 0 Å². The lowest BCUT2D eigenvalue weighted by Gasteiger charge is -2.37. The van der Waals surface area contributed by atoms with Gasteiger partial charge in [0, 0.05) is 43.1 Å². The van der Waals surface area contributed by atoms with Crippen molar-refractivity contribution in [2.24, 2.45) is 22.7 Å². The summed E-state index contributed by atoms with van der Waals surface area (Å²) in [7, 11) is -3.58. The Balaban J connectivity index is 1.15. The third kappa shape index (κ3) is 3.80. The third-order valence-corrected chi connectivity index (χ3v) is 11.1. The molecule has 0 amide bonds. The number of H-pyrrole nitrogens is 1. The molecule has 200 valence electrons. The Labute approximate surface area is 216 Å². The minimum atomic E-state index is -3.58. The molecule has 0 unspecified atom stereocenters. The smallest absolute Gasteiger partial charge is 0.212 e. The van der Waals surface area contributed by atoms with Gasteiger partial charge in [-0.2, -0.15) is 0 Å². The number of Topliss-reactive ketones (excluding diaryl/α,β-unsaturated/α-hetero) is 1. The monoisotopic (exact) mass is 528 g/mol. The fourth-order valence-electron chi connectivity index (χ4n) is 7.18. The second-order valence-electron chi connectivity index (χ2n) is 11.9. The predicted octanol–water partition coefficient (Wildman–Crippen LogP) is 2.63. The first-order chi connectivity index (χ1) is 17.5. The Bertz CT molecular complexity index is 1470. The van der Waals surface area contributed by atoms with Crippen LogP contribution in [-0.4, -0.2) is 64.3 Å². The van der Waals surface area contributed by atoms with Crippen LogP contribution in [0.2, 0.25) is 0 Å². The molecule has 2 bridgehead atoms. The van der Waals surface area contributed by atoms with E-state index in [2.05, 4.69) is 38.5 Å². The van der Waals surface area contributed by atoms with Gasteiger partial charge in [0.2, 0.25) is 10.0 Å². The van der Waals surface area contributed by atoms with Gasteiger partial charge in [-0.1, -0.05) is 13.8 Å². The van der Waals surface area contributed by atoms with Crippen molar-refractivity contribution in [3.63, 3.8) is 0 Å². The van der Waals surface area contributed by atoms with E-state index in [0.29, 0.717) is 44.2 Å². The van der Waals surface area contributed by atoms with Crippen molar-refractivity contribution in [3.8, 4) is 0 Å². The Morgan fingerprint density at radius 3 is 2.68 bits per heavy atom. The number of carbonyl (C=O) groups excluding carboxylic acids is 1. The van der Waals surface area contributed by atoms with Crippen LogP contribution in [-0.2, 0) is 14.8 Å². The van der Waals surface area contributed by atoms with E-state index in [9.17, 15) is 18.3 Å². The van der Waals surface area contributed by atoms with Crippen molar-refractivity contribution >= 4 is 37.9 Å². The fraction of sp³-hybridized carbons (Fsp3) is 0.654. The highest BCUT2D eigenvalue weighted by molar-refractivity contribution is 7.89. The quantitative estimate of drug-likeness (QED) is 0.429. The number of fused-ring (bicyclic) bond motifs is 5. The molecule has 0 spiro atoms. The van der Waals surface area contributed by atoms with Gasteiger partial charge in [0.05, 0.1) is 11.9 Å². The predicted molar refractivity (Wildman–Crippen MR) is 141 cm³/mol. The summed E-state index contributed by atoms with van der Waals surface area (Å²) in [5, 5.41) is 13.6. The standard InChI is InChI=1S/C26H36N6O4S/c1-16(33)24-30-20-14-28-23-19(5-9-27-23)22(20)32(24)31-10-6-17(7-11-31)13-29-37(35,36)15-26-8-4-18(12-21(26)34)25(26,2)3/h5,9,14,16-18,29,33H,4,6-8,10-13,15H2,1-3H3,(H,27,28)/t16-,18-,26-/m1/s1. The van der Waals surface area contributed by atoms with Crippen LogP contribution < -0.4 is 9.73 Å². The summed E-state index contributed by atoms with van der Waals surface area (Å²) >= 11 is 0. The van der Waals surface area contributed by atoms with Crippen LogP contribution in [0.15, 0.2) is 18.5 Å². The van der Waals surface area contributed by atoms with Gasteiger partial charge in [-0.15, -0.1) is 0 Å². The normalized spacial score (nSPS) is 27.1. The Morgan fingerprint density at radius 2 is 2.03 bits per heavy atom. The number of aromatic nitrogens is 4. The molecule has 3 fully saturated rings. The van der Waals surface area contributed by atoms with Crippen molar-refractivity contribution in [3.05, 3.63) is 24.3 Å². The number of ketones is 1. The Hall–Kier alpha value is -2.50. The SMILES string of the molecule is C[C@@H](O)c1nc2cnc3[nH]ccc3c2n1N1CCC(CNS(=O)(=O)C[C@]23CC[C@H](CC2=O)C3(C)C)CC1. The van der Waals surface area contributed by atoms with Gasteiger partial charge >= 0.3 is 0 Å². The molecule has 11 heteroatoms. The van der Waals surface area contributed by atoms with Crippen LogP contribution in [0.4, 0.5) is 0 Å². The van der Waals surface area contributed by atoms with Crippen LogP contribution in [0, 0.1) is 22.7 Å². The first kappa shape index (κ1) is 24.8. The zero-order valence-electron chi connectivity index (χ0n) is 21.7. The molecule has 4 heterocycles. The summed E-state index contributed by atoms with van der Waals surface area (Å²) in [6, 6.07) is 1.97. The lowest BCUT2D eigenvalue weighted by molar-refractivity contribution is -0.128. The van der Waals surface area contributed by atoms with Crippen LogP contribution >= 0.6 is 0 Å². The molecule has 10 nitrogen and oxygen atoms in total. The van der Waals surface area contributed by atoms with Gasteiger partial charge in [-0.25, -0.2) is 27.8 Å². The van der Waals surface area contributed by atoms with E-state index < -0.39 is 21.5 Å². The number of sulfonamides is 1. The summed E-state index contributed by atoms with van der Waals surface area (Å²) in [6.07, 6.45) is 6.57. The van der Waals surface area contributed by atoms with Gasteiger partial charge in [-0.05, 0) is 55.9 Å². The summed E-state index contributed by atoms with van der Waals surface area (Å²) in [6.45, 7) is 7.65. The van der Waals surface area contributed by atoms with Gasteiger partial charge < -0.3 is 15.1 Å². The molecule has 1 saturated heterocycles. The summed E-state index contributed by atoms with van der Waals surface area (Å²) < 4.78 is 31.1. The third-order valence-electron chi connectivity index (χ3n) is 9.62. The molecule has 2 saturated carbocycles. The van der Waals surface area contributed by atoms with E-state index in [0.717, 1.165) is 41.3 Å². The van der Waals surface area contributed by atoms with Crippen molar-refractivity contribution < 1.29 is 18.3 Å². The highest BCUT2D eigenvalue weighted by atomic mass is 32.2. The van der Waals surface area contributed by atoms with Gasteiger partial charge in [0.25, 0.3) is 0 Å². The summed E-state index contributed by atoms with van der Waals surface area (Å²) in [5.41, 5.74) is 1.41. The number of nitrogens with zero attached hydrogens (tertiary/aromatic N) is 4.